The Morgan fingerprint density at radius 3 is 2.50 bits per heavy atom. The first kappa shape index (κ1) is 23.4. The lowest BCUT2D eigenvalue weighted by Gasteiger charge is -2.12. The number of amides is 2. The second kappa shape index (κ2) is 9.89. The summed E-state index contributed by atoms with van der Waals surface area (Å²) in [6.07, 6.45) is 1.47. The Bertz CT molecular complexity index is 1220. The number of nitrogens with one attached hydrogen (secondary N) is 2. The normalized spacial score (nSPS) is 10.9. The van der Waals surface area contributed by atoms with Crippen molar-refractivity contribution < 1.29 is 14.3 Å². The predicted molar refractivity (Wildman–Crippen MR) is 127 cm³/mol. The zero-order valence-corrected chi connectivity index (χ0v) is 19.5. The molecule has 0 aliphatic heterocycles. The van der Waals surface area contributed by atoms with Crippen LogP contribution in [-0.4, -0.2) is 29.7 Å². The Morgan fingerprint density at radius 2 is 1.78 bits per heavy atom. The molecular weight excluding hydrogens is 451 g/mol. The molecule has 3 rings (SSSR count). The van der Waals surface area contributed by atoms with Crippen LogP contribution in [0.3, 0.4) is 0 Å². The average Bonchev–Trinajstić information content (AvgIpc) is 3.03. The number of benzene rings is 2. The van der Waals surface area contributed by atoms with Crippen LogP contribution in [0.4, 0.5) is 5.69 Å². The Balaban J connectivity index is 1.72. The molecule has 0 saturated heterocycles. The second-order valence-electron chi connectivity index (χ2n) is 7.11. The average molecular weight is 473 g/mol. The van der Waals surface area contributed by atoms with E-state index in [0.29, 0.717) is 21.5 Å². The number of carbonyl (C=O) groups excluding carboxylic acids is 2. The third-order valence-corrected chi connectivity index (χ3v) is 5.35. The standard InChI is InChI=1S/C23H22Cl2N4O3/c1-13-5-8-21(32-4)19(9-13)27-22(30)23(31)28-26-12-16-10-14(2)29(15(16)3)20-11-17(24)6-7-18(20)25/h5-12H,1-4H3,(H,27,30)(H,28,31)/b26-12-. The number of aryl methyl sites for hydroxylation is 2. The van der Waals surface area contributed by atoms with E-state index in [1.807, 2.05) is 37.5 Å². The van der Waals surface area contributed by atoms with Crippen LogP contribution in [0.1, 0.15) is 22.5 Å². The fraction of sp³-hybridized carbons (Fsp3) is 0.174. The monoisotopic (exact) mass is 472 g/mol. The van der Waals surface area contributed by atoms with Crippen LogP contribution >= 0.6 is 23.2 Å². The van der Waals surface area contributed by atoms with E-state index in [2.05, 4.69) is 15.8 Å². The van der Waals surface area contributed by atoms with Gasteiger partial charge in [0.1, 0.15) is 5.75 Å². The van der Waals surface area contributed by atoms with Gasteiger partial charge >= 0.3 is 11.8 Å². The zero-order valence-electron chi connectivity index (χ0n) is 18.0. The van der Waals surface area contributed by atoms with Crippen LogP contribution in [0, 0.1) is 20.8 Å². The molecule has 32 heavy (non-hydrogen) atoms. The molecule has 0 unspecified atom stereocenters. The SMILES string of the molecule is COc1ccc(C)cc1NC(=O)C(=O)N/N=C\c1cc(C)n(-c2cc(Cl)ccc2Cl)c1C. The van der Waals surface area contributed by atoms with Crippen molar-refractivity contribution in [2.24, 2.45) is 5.10 Å². The topological polar surface area (TPSA) is 84.7 Å². The number of aromatic nitrogens is 1. The molecule has 3 aromatic rings. The minimum absolute atomic E-state index is 0.401. The summed E-state index contributed by atoms with van der Waals surface area (Å²) in [5.41, 5.74) is 6.80. The van der Waals surface area contributed by atoms with Crippen LogP contribution in [-0.2, 0) is 9.59 Å². The Hall–Kier alpha value is -3.29. The van der Waals surface area contributed by atoms with Gasteiger partial charge in [0.15, 0.2) is 0 Å². The number of nitrogens with zero attached hydrogens (tertiary/aromatic N) is 2. The van der Waals surface area contributed by atoms with E-state index in [9.17, 15) is 9.59 Å². The van der Waals surface area contributed by atoms with Crippen molar-refractivity contribution in [2.45, 2.75) is 20.8 Å². The number of halogens is 2. The summed E-state index contributed by atoms with van der Waals surface area (Å²) in [6, 6.07) is 12.4. The van der Waals surface area contributed by atoms with Crippen LogP contribution in [0.2, 0.25) is 10.0 Å². The van der Waals surface area contributed by atoms with Gasteiger partial charge in [-0.2, -0.15) is 5.10 Å². The minimum Gasteiger partial charge on any atom is -0.495 e. The molecule has 1 aromatic heterocycles. The summed E-state index contributed by atoms with van der Waals surface area (Å²) in [5, 5.41) is 7.57. The highest BCUT2D eigenvalue weighted by atomic mass is 35.5. The maximum absolute atomic E-state index is 12.2. The van der Waals surface area contributed by atoms with E-state index < -0.39 is 11.8 Å². The third kappa shape index (κ3) is 5.12. The highest BCUT2D eigenvalue weighted by Gasteiger charge is 2.16. The molecule has 1 heterocycles. The highest BCUT2D eigenvalue weighted by Crippen LogP contribution is 2.28. The number of hydrogen-bond donors (Lipinski definition) is 2. The van der Waals surface area contributed by atoms with Gasteiger partial charge in [-0.25, -0.2) is 5.43 Å². The predicted octanol–water partition coefficient (Wildman–Crippen LogP) is 4.81. The van der Waals surface area contributed by atoms with E-state index in [4.69, 9.17) is 27.9 Å². The third-order valence-electron chi connectivity index (χ3n) is 4.80. The van der Waals surface area contributed by atoms with Crippen molar-refractivity contribution in [3.63, 3.8) is 0 Å². The number of ether oxygens (including phenoxy) is 1. The maximum atomic E-state index is 12.2. The van der Waals surface area contributed by atoms with Gasteiger partial charge in [-0.3, -0.25) is 9.59 Å². The fourth-order valence-electron chi connectivity index (χ4n) is 3.26. The molecule has 0 atom stereocenters. The molecule has 0 aliphatic rings. The molecule has 0 aliphatic carbocycles. The quantitative estimate of drug-likeness (QED) is 0.317. The second-order valence-corrected chi connectivity index (χ2v) is 7.96. The van der Waals surface area contributed by atoms with Crippen molar-refractivity contribution in [3.05, 3.63) is 75.0 Å². The molecule has 2 amide bonds. The van der Waals surface area contributed by atoms with E-state index >= 15 is 0 Å². The molecule has 2 N–H and O–H groups in total. The van der Waals surface area contributed by atoms with Gasteiger partial charge in [0.05, 0.1) is 29.7 Å². The summed E-state index contributed by atoms with van der Waals surface area (Å²) < 4.78 is 7.14. The van der Waals surface area contributed by atoms with Gasteiger partial charge in [-0.15, -0.1) is 0 Å². The number of anilines is 1. The molecular formula is C23H22Cl2N4O3. The smallest absolute Gasteiger partial charge is 0.329 e. The van der Waals surface area contributed by atoms with Gasteiger partial charge in [0.25, 0.3) is 0 Å². The lowest BCUT2D eigenvalue weighted by Crippen LogP contribution is -2.32. The number of methoxy groups -OCH3 is 1. The van der Waals surface area contributed by atoms with Crippen molar-refractivity contribution in [1.82, 2.24) is 9.99 Å². The summed E-state index contributed by atoms with van der Waals surface area (Å²) in [5.74, 6) is -1.31. The number of rotatable bonds is 5. The molecule has 7 nitrogen and oxygen atoms in total. The lowest BCUT2D eigenvalue weighted by molar-refractivity contribution is -0.136. The molecule has 0 radical (unpaired) electrons. The van der Waals surface area contributed by atoms with E-state index in [0.717, 1.165) is 28.2 Å². The molecule has 0 spiro atoms. The van der Waals surface area contributed by atoms with Crippen molar-refractivity contribution in [2.75, 3.05) is 12.4 Å². The van der Waals surface area contributed by atoms with Crippen molar-refractivity contribution >= 4 is 46.9 Å². The zero-order chi connectivity index (χ0) is 23.4. The van der Waals surface area contributed by atoms with Crippen LogP contribution < -0.4 is 15.5 Å². The minimum atomic E-state index is -0.906. The Labute approximate surface area is 196 Å². The summed E-state index contributed by atoms with van der Waals surface area (Å²) in [7, 11) is 1.48. The largest absolute Gasteiger partial charge is 0.495 e. The van der Waals surface area contributed by atoms with Crippen molar-refractivity contribution in [3.8, 4) is 11.4 Å². The lowest BCUT2D eigenvalue weighted by atomic mass is 10.2. The number of carbonyl (C=O) groups is 2. The first-order chi connectivity index (χ1) is 15.2. The summed E-state index contributed by atoms with van der Waals surface area (Å²) in [4.78, 5) is 24.4. The first-order valence-corrected chi connectivity index (χ1v) is 10.4. The first-order valence-electron chi connectivity index (χ1n) is 9.64. The Morgan fingerprint density at radius 1 is 1.03 bits per heavy atom. The van der Waals surface area contributed by atoms with E-state index in [-0.39, 0.29) is 0 Å². The molecule has 0 saturated carbocycles. The van der Waals surface area contributed by atoms with E-state index in [1.165, 1.54) is 13.3 Å². The maximum Gasteiger partial charge on any atom is 0.329 e. The molecule has 0 fully saturated rings. The molecule has 0 bridgehead atoms. The van der Waals surface area contributed by atoms with Gasteiger partial charge in [-0.1, -0.05) is 29.3 Å². The Kier molecular flexibility index (Phi) is 7.22. The molecule has 9 heteroatoms. The van der Waals surface area contributed by atoms with Crippen LogP contribution in [0.5, 0.6) is 5.75 Å². The number of hydrogen-bond acceptors (Lipinski definition) is 4. The van der Waals surface area contributed by atoms with Gasteiger partial charge in [-0.05, 0) is 62.7 Å². The molecule has 2 aromatic carbocycles. The van der Waals surface area contributed by atoms with Crippen molar-refractivity contribution in [1.29, 1.82) is 0 Å². The molecule has 166 valence electrons. The summed E-state index contributed by atoms with van der Waals surface area (Å²) in [6.45, 7) is 5.68. The van der Waals surface area contributed by atoms with Gasteiger partial charge < -0.3 is 14.6 Å². The highest BCUT2D eigenvalue weighted by molar-refractivity contribution is 6.39. The number of hydrazone groups is 1. The van der Waals surface area contributed by atoms with Crippen LogP contribution in [0.25, 0.3) is 5.69 Å². The van der Waals surface area contributed by atoms with E-state index in [1.54, 1.807) is 30.3 Å². The fourth-order valence-corrected chi connectivity index (χ4v) is 3.62. The summed E-state index contributed by atoms with van der Waals surface area (Å²) >= 11 is 12.5. The van der Waals surface area contributed by atoms with Gasteiger partial charge in [0, 0.05) is 22.0 Å². The van der Waals surface area contributed by atoms with Crippen LogP contribution in [0.15, 0.2) is 47.6 Å². The van der Waals surface area contributed by atoms with Gasteiger partial charge in [0.2, 0.25) is 0 Å².